The summed E-state index contributed by atoms with van der Waals surface area (Å²) in [6, 6.07) is 0.739. The minimum absolute atomic E-state index is 0. The molecule has 30 nitrogen and oxygen atoms in total. The summed E-state index contributed by atoms with van der Waals surface area (Å²) in [5.74, 6) is -11.8. The number of nitrogens with one attached hydrogen (secondary N) is 6. The van der Waals surface area contributed by atoms with E-state index in [0.29, 0.717) is 11.3 Å². The number of carbonyl (C=O) groups is 11. The molecule has 1 aromatic rings. The van der Waals surface area contributed by atoms with E-state index in [9.17, 15) is 68.1 Å². The Morgan fingerprint density at radius 3 is 1.72 bits per heavy atom. The molecule has 1 heterocycles. The van der Waals surface area contributed by atoms with E-state index >= 15 is 0 Å². The number of aliphatic carboxylic acids is 5. The fraction of sp³-hybridized carbons (Fsp3) is 0.581. The molecule has 0 unspecified atom stereocenters. The molecular formula is C43H68N12O18Sm+3. The largest absolute Gasteiger partial charge is 3.00 e. The molecule has 1 aliphatic rings. The number of amides is 6. The number of carboxylic acid groups (broad SMARTS) is 5. The fourth-order valence-electron chi connectivity index (χ4n) is 6.96. The number of rotatable bonds is 30. The first kappa shape index (κ1) is 67.6. The van der Waals surface area contributed by atoms with Crippen molar-refractivity contribution in [2.75, 3.05) is 85.1 Å². The van der Waals surface area contributed by atoms with Crippen molar-refractivity contribution < 1.29 is 129 Å². The normalized spacial score (nSPS) is 17.4. The van der Waals surface area contributed by atoms with E-state index < -0.39 is 135 Å². The zero-order chi connectivity index (χ0) is 53.9. The van der Waals surface area contributed by atoms with Crippen molar-refractivity contribution in [3.05, 3.63) is 29.8 Å². The van der Waals surface area contributed by atoms with Gasteiger partial charge in [-0.2, -0.15) is 0 Å². The van der Waals surface area contributed by atoms with Crippen molar-refractivity contribution >= 4 is 71.2 Å². The summed E-state index contributed by atoms with van der Waals surface area (Å²) >= 11 is 0. The summed E-state index contributed by atoms with van der Waals surface area (Å²) in [4.78, 5) is 145. The van der Waals surface area contributed by atoms with Crippen molar-refractivity contribution in [1.29, 1.82) is 0 Å². The third kappa shape index (κ3) is 28.8. The Labute approximate surface area is 457 Å². The number of aliphatic imine (C=N–C) groups is 1. The number of ether oxygens (including phenoxy) is 1. The first-order valence-corrected chi connectivity index (χ1v) is 22.7. The molecule has 0 spiro atoms. The van der Waals surface area contributed by atoms with Gasteiger partial charge in [0.15, 0.2) is 5.96 Å². The molecule has 1 aromatic carbocycles. The number of carboxylic acids is 5. The topological polar surface area (TPSA) is 476 Å². The number of hydrogen-bond donors (Lipinski definition) is 13. The molecule has 0 aliphatic carbocycles. The predicted octanol–water partition coefficient (Wildman–Crippen LogP) is -6.21. The maximum atomic E-state index is 13.9. The average Bonchev–Trinajstić information content (AvgIpc) is 3.27. The van der Waals surface area contributed by atoms with E-state index in [1.165, 1.54) is 9.80 Å². The van der Waals surface area contributed by atoms with Crippen molar-refractivity contribution in [3.63, 3.8) is 0 Å². The van der Waals surface area contributed by atoms with Gasteiger partial charge in [0.05, 0.1) is 52.3 Å². The Balaban J connectivity index is 0.0000266. The van der Waals surface area contributed by atoms with Gasteiger partial charge in [-0.05, 0) is 42.9 Å². The zero-order valence-corrected chi connectivity index (χ0v) is 43.5. The first-order chi connectivity index (χ1) is 33.9. The van der Waals surface area contributed by atoms with Crippen LogP contribution in [0.5, 0.6) is 5.75 Å². The van der Waals surface area contributed by atoms with Crippen molar-refractivity contribution in [2.45, 2.75) is 70.1 Å². The molecule has 1 radical (unpaired) electrons. The molecule has 17 N–H and O–H groups in total. The number of guanidine groups is 1. The van der Waals surface area contributed by atoms with Crippen molar-refractivity contribution in [1.82, 2.24) is 46.6 Å². The SMILES string of the molecule is CC(C)[C@H]1NC(=O)[C@@H](Cc2ccc(OCCCNC(=O)CN(CCN(CCN(CC(=O)O)CC(=O)O)CC(=O)O)CC(=O)O)cc2)NC(=O)[C@H](CC(=O)O)NC(=O)CNC(=O)[C@H](CCCN=C(N)N)NC1=O.O.[Sm+3]. The van der Waals surface area contributed by atoms with Crippen LogP contribution < -0.4 is 48.1 Å². The van der Waals surface area contributed by atoms with Crippen molar-refractivity contribution in [2.24, 2.45) is 22.4 Å². The molecule has 411 valence electrons. The Morgan fingerprint density at radius 1 is 0.676 bits per heavy atom. The Bertz CT molecular complexity index is 2080. The zero-order valence-electron chi connectivity index (χ0n) is 40.9. The van der Waals surface area contributed by atoms with Gasteiger partial charge in [0.25, 0.3) is 0 Å². The van der Waals surface area contributed by atoms with E-state index in [4.69, 9.17) is 26.4 Å². The van der Waals surface area contributed by atoms with Gasteiger partial charge in [-0.3, -0.25) is 72.4 Å². The Hall–Kier alpha value is -6.36. The predicted molar refractivity (Wildman–Crippen MR) is 254 cm³/mol. The van der Waals surface area contributed by atoms with Crippen molar-refractivity contribution in [3.8, 4) is 5.75 Å². The van der Waals surface area contributed by atoms with E-state index in [2.05, 4.69) is 36.9 Å². The molecule has 4 atom stereocenters. The van der Waals surface area contributed by atoms with Crippen LogP contribution in [0, 0.1) is 46.3 Å². The van der Waals surface area contributed by atoms with Gasteiger partial charge >= 0.3 is 70.2 Å². The molecule has 74 heavy (non-hydrogen) atoms. The minimum Gasteiger partial charge on any atom is -0.494 e. The maximum absolute atomic E-state index is 13.9. The summed E-state index contributed by atoms with van der Waals surface area (Å²) in [5.41, 5.74) is 11.2. The average molecular weight is 1190 g/mol. The summed E-state index contributed by atoms with van der Waals surface area (Å²) in [7, 11) is 0. The van der Waals surface area contributed by atoms with E-state index in [-0.39, 0.29) is 130 Å². The molecule has 0 saturated carbocycles. The molecule has 2 rings (SSSR count). The van der Waals surface area contributed by atoms with Gasteiger partial charge in [-0.1, -0.05) is 26.0 Å². The van der Waals surface area contributed by atoms with Crippen LogP contribution >= 0.6 is 0 Å². The molecule has 1 fully saturated rings. The molecule has 1 aliphatic heterocycles. The molecular weight excluding hydrogens is 1120 g/mol. The van der Waals surface area contributed by atoms with Crippen LogP contribution in [0.2, 0.25) is 0 Å². The van der Waals surface area contributed by atoms with Gasteiger partial charge in [-0.25, -0.2) is 0 Å². The number of nitrogens with zero attached hydrogens (tertiary/aromatic N) is 4. The Morgan fingerprint density at radius 2 is 1.19 bits per heavy atom. The van der Waals surface area contributed by atoms with Crippen LogP contribution in [0.15, 0.2) is 29.3 Å². The Kier molecular flexibility index (Phi) is 32.7. The first-order valence-electron chi connectivity index (χ1n) is 22.7. The second kappa shape index (κ2) is 35.7. The second-order valence-electron chi connectivity index (χ2n) is 16.9. The minimum atomic E-state index is -1.68. The van der Waals surface area contributed by atoms with Crippen LogP contribution in [-0.4, -0.2) is 226 Å². The number of nitrogens with two attached hydrogens (primary N) is 2. The van der Waals surface area contributed by atoms with Gasteiger partial charge in [0, 0.05) is 45.7 Å². The molecule has 0 aromatic heterocycles. The van der Waals surface area contributed by atoms with Crippen LogP contribution in [-0.2, 0) is 59.2 Å². The number of benzene rings is 1. The van der Waals surface area contributed by atoms with Gasteiger partial charge in [0.2, 0.25) is 35.4 Å². The molecule has 31 heteroatoms. The molecule has 1 saturated heterocycles. The quantitative estimate of drug-likeness (QED) is 0.0194. The van der Waals surface area contributed by atoms with Gasteiger partial charge in [0.1, 0.15) is 29.9 Å². The summed E-state index contributed by atoms with van der Waals surface area (Å²) < 4.78 is 5.78. The fourth-order valence-corrected chi connectivity index (χ4v) is 6.96. The third-order valence-corrected chi connectivity index (χ3v) is 10.5. The van der Waals surface area contributed by atoms with E-state index in [0.717, 1.165) is 4.90 Å². The molecule has 6 amide bonds. The van der Waals surface area contributed by atoms with E-state index in [1.807, 2.05) is 0 Å². The molecule has 0 bridgehead atoms. The monoisotopic (exact) mass is 1190 g/mol. The maximum Gasteiger partial charge on any atom is 3.00 e. The van der Waals surface area contributed by atoms with Crippen LogP contribution in [0.4, 0.5) is 0 Å². The second-order valence-corrected chi connectivity index (χ2v) is 16.9. The third-order valence-electron chi connectivity index (χ3n) is 10.5. The van der Waals surface area contributed by atoms with Crippen LogP contribution in [0.1, 0.15) is 45.1 Å². The number of carbonyl (C=O) groups excluding carboxylic acids is 6. The van der Waals surface area contributed by atoms with Crippen LogP contribution in [0.3, 0.4) is 0 Å². The van der Waals surface area contributed by atoms with Gasteiger partial charge in [-0.15, -0.1) is 0 Å². The summed E-state index contributed by atoms with van der Waals surface area (Å²) in [6.45, 7) is -0.0748. The van der Waals surface area contributed by atoms with E-state index in [1.54, 1.807) is 38.1 Å². The number of hydrogen-bond acceptors (Lipinski definition) is 16. The van der Waals surface area contributed by atoms with Crippen LogP contribution in [0.25, 0.3) is 0 Å². The summed E-state index contributed by atoms with van der Waals surface area (Å²) in [6.07, 6.45) is -0.528. The van der Waals surface area contributed by atoms with Gasteiger partial charge < -0.3 is 79.1 Å². The smallest absolute Gasteiger partial charge is 0.494 e. The summed E-state index contributed by atoms with van der Waals surface area (Å²) in [5, 5.41) is 61.5. The standard InChI is InChI=1S/C43H66N12O17.H2O.Sm/c1-25(2)38-42(71)50-28(5-3-10-47-43(44)45)39(68)48-19-31(56)49-30(18-33(58)59)40(69)51-29(41(70)52-38)17-26-6-8-27(9-7-26)72-16-4-11-46-32(57)20-54(22-35(62)63)14-12-53(21-34(60)61)13-15-55(23-36(64)65)24-37(66)67;;/h6-9,25,28-30,38H,3-5,10-24H2,1-2H3,(H,46,57)(H,48,68)(H,49,56)(H,50,71)(H,51,69)(H,52,70)(H,58,59)(H,60,61)(H,62,63)(H,64,65)(H,66,67)(H4,44,45,47);1H2;/q;;+3/t28-,29+,30-,38+;;/m0../s1.